The maximum absolute atomic E-state index is 13.8. The molecule has 37 heavy (non-hydrogen) atoms. The number of rotatable bonds is 12. The fourth-order valence-electron chi connectivity index (χ4n) is 4.22. The second-order valence-electron chi connectivity index (χ2n) is 9.00. The molecule has 1 amide bonds. The summed E-state index contributed by atoms with van der Waals surface area (Å²) in [6, 6.07) is 17.2. The van der Waals surface area contributed by atoms with E-state index in [2.05, 4.69) is 17.2 Å². The Morgan fingerprint density at radius 3 is 2.57 bits per heavy atom. The first-order valence-electron chi connectivity index (χ1n) is 12.7. The summed E-state index contributed by atoms with van der Waals surface area (Å²) in [5.74, 6) is 0.563. The van der Waals surface area contributed by atoms with Crippen molar-refractivity contribution < 1.29 is 23.8 Å². The van der Waals surface area contributed by atoms with Gasteiger partial charge in [0.1, 0.15) is 17.3 Å². The third kappa shape index (κ3) is 6.49. The number of amides is 1. The summed E-state index contributed by atoms with van der Waals surface area (Å²) in [7, 11) is 0. The van der Waals surface area contributed by atoms with Gasteiger partial charge >= 0.3 is 0 Å². The number of aromatic amines is 1. The van der Waals surface area contributed by atoms with Crippen molar-refractivity contribution in [3.05, 3.63) is 83.8 Å². The zero-order valence-electron chi connectivity index (χ0n) is 21.2. The summed E-state index contributed by atoms with van der Waals surface area (Å²) in [5.41, 5.74) is 3.77. The molecule has 0 saturated carbocycles. The SMILES string of the molecule is CCCOc1cccc(-c2ccc(OCCC)c(C(=O)NC(CO)Cc3c[nH]c4ccc(F)cc34)c2)c1. The lowest BCUT2D eigenvalue weighted by atomic mass is 10.0. The topological polar surface area (TPSA) is 83.6 Å². The van der Waals surface area contributed by atoms with Gasteiger partial charge in [-0.15, -0.1) is 0 Å². The van der Waals surface area contributed by atoms with Gasteiger partial charge in [0.05, 0.1) is 31.4 Å². The van der Waals surface area contributed by atoms with Crippen molar-refractivity contribution in [2.24, 2.45) is 0 Å². The molecule has 0 aliphatic rings. The van der Waals surface area contributed by atoms with E-state index in [0.717, 1.165) is 46.2 Å². The first-order valence-corrected chi connectivity index (χ1v) is 12.7. The van der Waals surface area contributed by atoms with E-state index in [1.807, 2.05) is 37.3 Å². The average molecular weight is 505 g/mol. The molecule has 0 fully saturated rings. The smallest absolute Gasteiger partial charge is 0.255 e. The quantitative estimate of drug-likeness (QED) is 0.225. The predicted molar refractivity (Wildman–Crippen MR) is 144 cm³/mol. The molecule has 1 heterocycles. The van der Waals surface area contributed by atoms with Crippen LogP contribution in [0, 0.1) is 5.82 Å². The molecule has 7 heteroatoms. The van der Waals surface area contributed by atoms with Crippen LogP contribution < -0.4 is 14.8 Å². The largest absolute Gasteiger partial charge is 0.494 e. The lowest BCUT2D eigenvalue weighted by Crippen LogP contribution is -2.39. The average Bonchev–Trinajstić information content (AvgIpc) is 3.31. The Bertz CT molecular complexity index is 1350. The van der Waals surface area contributed by atoms with Crippen molar-refractivity contribution in [2.75, 3.05) is 19.8 Å². The number of aliphatic hydroxyl groups excluding tert-OH is 1. The van der Waals surface area contributed by atoms with E-state index in [1.165, 1.54) is 12.1 Å². The van der Waals surface area contributed by atoms with Crippen LogP contribution in [0.4, 0.5) is 4.39 Å². The molecule has 6 nitrogen and oxygen atoms in total. The van der Waals surface area contributed by atoms with E-state index in [-0.39, 0.29) is 18.3 Å². The number of hydrogen-bond acceptors (Lipinski definition) is 4. The Balaban J connectivity index is 1.59. The molecule has 3 aromatic carbocycles. The zero-order valence-corrected chi connectivity index (χ0v) is 21.2. The Morgan fingerprint density at radius 2 is 1.78 bits per heavy atom. The van der Waals surface area contributed by atoms with Gasteiger partial charge in [-0.25, -0.2) is 4.39 Å². The highest BCUT2D eigenvalue weighted by Crippen LogP contribution is 2.30. The first-order chi connectivity index (χ1) is 18.0. The molecule has 3 N–H and O–H groups in total. The van der Waals surface area contributed by atoms with Gasteiger partial charge in [-0.05, 0) is 78.4 Å². The summed E-state index contributed by atoms with van der Waals surface area (Å²) in [4.78, 5) is 16.6. The van der Waals surface area contributed by atoms with Crippen molar-refractivity contribution in [3.63, 3.8) is 0 Å². The number of aromatic nitrogens is 1. The minimum Gasteiger partial charge on any atom is -0.494 e. The van der Waals surface area contributed by atoms with Crippen LogP contribution in [0.1, 0.15) is 42.6 Å². The molecule has 0 saturated heterocycles. The number of halogens is 1. The van der Waals surface area contributed by atoms with Crippen LogP contribution in [0.25, 0.3) is 22.0 Å². The van der Waals surface area contributed by atoms with E-state index >= 15 is 0 Å². The van der Waals surface area contributed by atoms with Crippen LogP contribution in [0.5, 0.6) is 11.5 Å². The summed E-state index contributed by atoms with van der Waals surface area (Å²) < 4.78 is 25.4. The number of carbonyl (C=O) groups is 1. The molecule has 4 rings (SSSR count). The number of nitrogens with one attached hydrogen (secondary N) is 2. The summed E-state index contributed by atoms with van der Waals surface area (Å²) >= 11 is 0. The third-order valence-electron chi connectivity index (χ3n) is 6.08. The van der Waals surface area contributed by atoms with Crippen molar-refractivity contribution in [1.82, 2.24) is 10.3 Å². The van der Waals surface area contributed by atoms with Gasteiger partial charge in [-0.3, -0.25) is 4.79 Å². The monoisotopic (exact) mass is 504 g/mol. The van der Waals surface area contributed by atoms with Gasteiger partial charge in [-0.2, -0.15) is 0 Å². The maximum Gasteiger partial charge on any atom is 0.255 e. The molecule has 0 aliphatic carbocycles. The van der Waals surface area contributed by atoms with E-state index in [0.29, 0.717) is 30.9 Å². The highest BCUT2D eigenvalue weighted by Gasteiger charge is 2.20. The standard InChI is InChI=1S/C30H33FN2O4/c1-3-12-36-25-7-5-6-20(15-25)21-8-11-29(37-13-4-2)27(16-21)30(35)33-24(19-34)14-22-18-32-28-10-9-23(31)17-26(22)28/h5-11,15-18,24,32,34H,3-4,12-14,19H2,1-2H3,(H,33,35). The number of aliphatic hydroxyl groups is 1. The van der Waals surface area contributed by atoms with Gasteiger partial charge in [-0.1, -0.05) is 32.0 Å². The van der Waals surface area contributed by atoms with E-state index in [4.69, 9.17) is 9.47 Å². The Kier molecular flexibility index (Phi) is 8.80. The molecule has 0 aliphatic heterocycles. The van der Waals surface area contributed by atoms with E-state index < -0.39 is 6.04 Å². The van der Waals surface area contributed by atoms with Crippen LogP contribution >= 0.6 is 0 Å². The minimum atomic E-state index is -0.566. The van der Waals surface area contributed by atoms with Gasteiger partial charge in [0.15, 0.2) is 0 Å². The molecule has 1 aromatic heterocycles. The molecule has 0 radical (unpaired) electrons. The van der Waals surface area contributed by atoms with Crippen LogP contribution in [0.3, 0.4) is 0 Å². The molecular weight excluding hydrogens is 471 g/mol. The number of fused-ring (bicyclic) bond motifs is 1. The van der Waals surface area contributed by atoms with Crippen molar-refractivity contribution in [2.45, 2.75) is 39.2 Å². The first kappa shape index (κ1) is 26.2. The van der Waals surface area contributed by atoms with Crippen LogP contribution in [-0.4, -0.2) is 41.9 Å². The summed E-state index contributed by atoms with van der Waals surface area (Å²) in [6.45, 7) is 4.90. The molecule has 1 unspecified atom stereocenters. The highest BCUT2D eigenvalue weighted by molar-refractivity contribution is 5.98. The van der Waals surface area contributed by atoms with Crippen molar-refractivity contribution in [1.29, 1.82) is 0 Å². The molecule has 4 aromatic rings. The summed E-state index contributed by atoms with van der Waals surface area (Å²) in [6.07, 6.45) is 3.84. The van der Waals surface area contributed by atoms with Crippen LogP contribution in [0.15, 0.2) is 66.9 Å². The zero-order chi connectivity index (χ0) is 26.2. The molecule has 0 bridgehead atoms. The van der Waals surface area contributed by atoms with Gasteiger partial charge in [0.25, 0.3) is 5.91 Å². The lowest BCUT2D eigenvalue weighted by Gasteiger charge is -2.18. The fraction of sp³-hybridized carbons (Fsp3) is 0.300. The highest BCUT2D eigenvalue weighted by atomic mass is 19.1. The van der Waals surface area contributed by atoms with Crippen LogP contribution in [0.2, 0.25) is 0 Å². The van der Waals surface area contributed by atoms with Gasteiger partial charge < -0.3 is 24.9 Å². The predicted octanol–water partition coefficient (Wildman–Crippen LogP) is 5.89. The van der Waals surface area contributed by atoms with E-state index in [9.17, 15) is 14.3 Å². The summed E-state index contributed by atoms with van der Waals surface area (Å²) in [5, 5.41) is 13.7. The fourth-order valence-corrected chi connectivity index (χ4v) is 4.22. The third-order valence-corrected chi connectivity index (χ3v) is 6.08. The molecular formula is C30H33FN2O4. The Hall–Kier alpha value is -3.84. The molecule has 194 valence electrons. The second-order valence-corrected chi connectivity index (χ2v) is 9.00. The normalized spacial score (nSPS) is 11.9. The minimum absolute atomic E-state index is 0.268. The van der Waals surface area contributed by atoms with Gasteiger partial charge in [0.2, 0.25) is 0 Å². The van der Waals surface area contributed by atoms with Crippen molar-refractivity contribution in [3.8, 4) is 22.6 Å². The number of H-pyrrole nitrogens is 1. The van der Waals surface area contributed by atoms with Gasteiger partial charge in [0, 0.05) is 17.1 Å². The van der Waals surface area contributed by atoms with E-state index in [1.54, 1.807) is 24.4 Å². The number of benzene rings is 3. The Morgan fingerprint density at radius 1 is 1.00 bits per heavy atom. The molecule has 0 spiro atoms. The number of ether oxygens (including phenoxy) is 2. The molecule has 1 atom stereocenters. The van der Waals surface area contributed by atoms with Crippen LogP contribution in [-0.2, 0) is 6.42 Å². The number of hydrogen-bond donors (Lipinski definition) is 3. The number of carbonyl (C=O) groups excluding carboxylic acids is 1. The van der Waals surface area contributed by atoms with Crippen molar-refractivity contribution >= 4 is 16.8 Å². The Labute approximate surface area is 216 Å². The second kappa shape index (κ2) is 12.4. The maximum atomic E-state index is 13.8. The lowest BCUT2D eigenvalue weighted by molar-refractivity contribution is 0.0912.